The molecular weight excluding hydrogens is 252 g/mol. The molecule has 0 spiro atoms. The monoisotopic (exact) mass is 278 g/mol. The molecule has 4 heteroatoms. The van der Waals surface area contributed by atoms with Crippen LogP contribution in [0.3, 0.4) is 0 Å². The van der Waals surface area contributed by atoms with E-state index in [0.717, 1.165) is 11.3 Å². The summed E-state index contributed by atoms with van der Waals surface area (Å²) in [6.07, 6.45) is 0. The molecule has 112 valence electrons. The van der Waals surface area contributed by atoms with Crippen molar-refractivity contribution >= 4 is 5.91 Å². The number of nitrogens with one attached hydrogen (secondary N) is 2. The van der Waals surface area contributed by atoms with Gasteiger partial charge in [-0.15, -0.1) is 0 Å². The zero-order valence-electron chi connectivity index (χ0n) is 13.3. The molecule has 0 saturated heterocycles. The van der Waals surface area contributed by atoms with E-state index in [4.69, 9.17) is 4.74 Å². The molecule has 0 aliphatic heterocycles. The molecule has 2 atom stereocenters. The van der Waals surface area contributed by atoms with Gasteiger partial charge in [0.15, 0.2) is 0 Å². The Kier molecular flexibility index (Phi) is 5.57. The van der Waals surface area contributed by atoms with Crippen molar-refractivity contribution in [1.29, 1.82) is 0 Å². The lowest BCUT2D eigenvalue weighted by molar-refractivity contribution is -0.124. The lowest BCUT2D eigenvalue weighted by Gasteiger charge is -2.26. The topological polar surface area (TPSA) is 50.4 Å². The highest BCUT2D eigenvalue weighted by Gasteiger charge is 2.21. The van der Waals surface area contributed by atoms with Crippen LogP contribution < -0.4 is 15.4 Å². The van der Waals surface area contributed by atoms with Crippen LogP contribution in [0.2, 0.25) is 0 Å². The van der Waals surface area contributed by atoms with Gasteiger partial charge in [0.1, 0.15) is 5.75 Å². The van der Waals surface area contributed by atoms with Crippen LogP contribution >= 0.6 is 0 Å². The summed E-state index contributed by atoms with van der Waals surface area (Å²) in [5.74, 6) is 0.829. The first-order valence-electron chi connectivity index (χ1n) is 6.95. The lowest BCUT2D eigenvalue weighted by Crippen LogP contribution is -2.50. The molecule has 0 aliphatic rings. The SMILES string of the molecule is COc1ccccc1C(C)NC(C)C(=O)NC(C)(C)C. The Morgan fingerprint density at radius 1 is 1.20 bits per heavy atom. The number of rotatable bonds is 5. The Hall–Kier alpha value is -1.55. The van der Waals surface area contributed by atoms with Crippen LogP contribution in [0.4, 0.5) is 0 Å². The zero-order valence-corrected chi connectivity index (χ0v) is 13.3. The van der Waals surface area contributed by atoms with Crippen LogP contribution in [-0.2, 0) is 4.79 Å². The maximum absolute atomic E-state index is 12.1. The number of hydrogen-bond donors (Lipinski definition) is 2. The molecule has 4 nitrogen and oxygen atoms in total. The average molecular weight is 278 g/mol. The van der Waals surface area contributed by atoms with Gasteiger partial charge in [0, 0.05) is 17.1 Å². The summed E-state index contributed by atoms with van der Waals surface area (Å²) in [5, 5.41) is 6.27. The van der Waals surface area contributed by atoms with Crippen molar-refractivity contribution in [3.8, 4) is 5.75 Å². The van der Waals surface area contributed by atoms with Crippen LogP contribution in [0.25, 0.3) is 0 Å². The van der Waals surface area contributed by atoms with Gasteiger partial charge in [-0.2, -0.15) is 0 Å². The molecular formula is C16H26N2O2. The second-order valence-corrected chi connectivity index (χ2v) is 6.09. The molecule has 2 unspecified atom stereocenters. The average Bonchev–Trinajstić information content (AvgIpc) is 2.36. The second kappa shape index (κ2) is 6.75. The Morgan fingerprint density at radius 2 is 1.80 bits per heavy atom. The molecule has 1 aromatic carbocycles. The van der Waals surface area contributed by atoms with Gasteiger partial charge in [-0.05, 0) is 40.7 Å². The van der Waals surface area contributed by atoms with E-state index in [1.165, 1.54) is 0 Å². The van der Waals surface area contributed by atoms with Gasteiger partial charge in [0.05, 0.1) is 13.2 Å². The normalized spacial score (nSPS) is 14.5. The lowest BCUT2D eigenvalue weighted by atomic mass is 10.1. The van der Waals surface area contributed by atoms with Gasteiger partial charge in [-0.25, -0.2) is 0 Å². The molecule has 0 aliphatic carbocycles. The van der Waals surface area contributed by atoms with Crippen molar-refractivity contribution in [1.82, 2.24) is 10.6 Å². The van der Waals surface area contributed by atoms with Gasteiger partial charge >= 0.3 is 0 Å². The van der Waals surface area contributed by atoms with Crippen LogP contribution in [0.15, 0.2) is 24.3 Å². The number of carbonyl (C=O) groups excluding carboxylic acids is 1. The Balaban J connectivity index is 2.70. The predicted octanol–water partition coefficient (Wildman–Crippen LogP) is 2.65. The van der Waals surface area contributed by atoms with Gasteiger partial charge in [-0.3, -0.25) is 10.1 Å². The zero-order chi connectivity index (χ0) is 15.3. The fourth-order valence-electron chi connectivity index (χ4n) is 2.04. The van der Waals surface area contributed by atoms with Gasteiger partial charge < -0.3 is 10.1 Å². The summed E-state index contributed by atoms with van der Waals surface area (Å²) in [5.41, 5.74) is 0.825. The summed E-state index contributed by atoms with van der Waals surface area (Å²) in [4.78, 5) is 12.1. The Morgan fingerprint density at radius 3 is 2.35 bits per heavy atom. The highest BCUT2D eigenvalue weighted by atomic mass is 16.5. The number of benzene rings is 1. The van der Waals surface area contributed by atoms with Crippen LogP contribution in [0.1, 0.15) is 46.2 Å². The van der Waals surface area contributed by atoms with E-state index in [9.17, 15) is 4.79 Å². The van der Waals surface area contributed by atoms with Gasteiger partial charge in [-0.1, -0.05) is 18.2 Å². The standard InChI is InChI=1S/C16H26N2O2/c1-11(13-9-7-8-10-14(13)20-6)17-12(2)15(19)18-16(3,4)5/h7-12,17H,1-6H3,(H,18,19). The third-order valence-electron chi connectivity index (χ3n) is 3.00. The minimum Gasteiger partial charge on any atom is -0.496 e. The minimum atomic E-state index is -0.269. The van der Waals surface area contributed by atoms with E-state index in [0.29, 0.717) is 0 Å². The van der Waals surface area contributed by atoms with Gasteiger partial charge in [0.2, 0.25) is 5.91 Å². The van der Waals surface area contributed by atoms with Crippen LogP contribution in [0, 0.1) is 0 Å². The number of ether oxygens (including phenoxy) is 1. The summed E-state index contributed by atoms with van der Waals surface area (Å²) in [6, 6.07) is 7.60. The fourth-order valence-corrected chi connectivity index (χ4v) is 2.04. The maximum atomic E-state index is 12.1. The Labute approximate surface area is 121 Å². The largest absolute Gasteiger partial charge is 0.496 e. The first-order valence-corrected chi connectivity index (χ1v) is 6.95. The van der Waals surface area contributed by atoms with Crippen molar-refractivity contribution in [2.75, 3.05) is 7.11 Å². The molecule has 0 radical (unpaired) electrons. The molecule has 0 aromatic heterocycles. The first-order chi connectivity index (χ1) is 9.24. The molecule has 0 bridgehead atoms. The molecule has 0 saturated carbocycles. The number of amides is 1. The second-order valence-electron chi connectivity index (χ2n) is 6.09. The van der Waals surface area contributed by atoms with E-state index in [1.54, 1.807) is 7.11 Å². The van der Waals surface area contributed by atoms with Crippen molar-refractivity contribution in [3.63, 3.8) is 0 Å². The van der Waals surface area contributed by atoms with Crippen molar-refractivity contribution in [2.45, 2.75) is 52.2 Å². The summed E-state index contributed by atoms with van der Waals surface area (Å²) in [6.45, 7) is 9.82. The summed E-state index contributed by atoms with van der Waals surface area (Å²) in [7, 11) is 1.65. The number of hydrogen-bond acceptors (Lipinski definition) is 3. The third-order valence-corrected chi connectivity index (χ3v) is 3.00. The smallest absolute Gasteiger partial charge is 0.237 e. The van der Waals surface area contributed by atoms with E-state index >= 15 is 0 Å². The molecule has 1 rings (SSSR count). The quantitative estimate of drug-likeness (QED) is 0.870. The molecule has 1 amide bonds. The van der Waals surface area contributed by atoms with Crippen LogP contribution in [-0.4, -0.2) is 24.6 Å². The maximum Gasteiger partial charge on any atom is 0.237 e. The third kappa shape index (κ3) is 4.85. The highest BCUT2D eigenvalue weighted by molar-refractivity contribution is 5.82. The van der Waals surface area contributed by atoms with Gasteiger partial charge in [0.25, 0.3) is 0 Å². The predicted molar refractivity (Wildman–Crippen MR) is 81.9 cm³/mol. The molecule has 0 fully saturated rings. The molecule has 20 heavy (non-hydrogen) atoms. The Bertz CT molecular complexity index is 452. The first kappa shape index (κ1) is 16.5. The van der Waals surface area contributed by atoms with E-state index in [-0.39, 0.29) is 23.5 Å². The number of para-hydroxylation sites is 1. The van der Waals surface area contributed by atoms with Crippen molar-refractivity contribution in [3.05, 3.63) is 29.8 Å². The van der Waals surface area contributed by atoms with Crippen LogP contribution in [0.5, 0.6) is 5.75 Å². The van der Waals surface area contributed by atoms with Crippen molar-refractivity contribution in [2.24, 2.45) is 0 Å². The van der Waals surface area contributed by atoms with Crippen molar-refractivity contribution < 1.29 is 9.53 Å². The molecule has 1 aromatic rings. The highest BCUT2D eigenvalue weighted by Crippen LogP contribution is 2.24. The number of carbonyl (C=O) groups is 1. The fraction of sp³-hybridized carbons (Fsp3) is 0.562. The number of methoxy groups -OCH3 is 1. The van der Waals surface area contributed by atoms with E-state index in [1.807, 2.05) is 58.9 Å². The molecule has 2 N–H and O–H groups in total. The van der Waals surface area contributed by atoms with E-state index in [2.05, 4.69) is 10.6 Å². The summed E-state index contributed by atoms with van der Waals surface area (Å²) < 4.78 is 5.35. The minimum absolute atomic E-state index is 0.000696. The summed E-state index contributed by atoms with van der Waals surface area (Å²) >= 11 is 0. The van der Waals surface area contributed by atoms with E-state index < -0.39 is 0 Å². The molecule has 0 heterocycles.